The highest BCUT2D eigenvalue weighted by molar-refractivity contribution is 8.05. The van der Waals surface area contributed by atoms with Crippen molar-refractivity contribution < 1.29 is 27.2 Å². The second-order valence-electron chi connectivity index (χ2n) is 1.51. The van der Waals surface area contributed by atoms with Crippen LogP contribution in [0.2, 0.25) is 0 Å². The highest BCUT2D eigenvalue weighted by Gasteiger charge is 2.26. The zero-order valence-corrected chi connectivity index (χ0v) is 7.20. The summed E-state index contributed by atoms with van der Waals surface area (Å²) in [5.41, 5.74) is 7.96. The maximum atomic E-state index is 10.4. The summed E-state index contributed by atoms with van der Waals surface area (Å²) in [7, 11) is -7.31. The van der Waals surface area contributed by atoms with Crippen molar-refractivity contribution in [2.45, 2.75) is 0 Å². The summed E-state index contributed by atoms with van der Waals surface area (Å²) in [4.78, 5) is 10.3. The lowest BCUT2D eigenvalue weighted by Crippen LogP contribution is -2.14. The fraction of sp³-hybridized carbons (Fsp3) is 0.500. The standard InChI is InChI=1S/C2H5N2O5PS/c1-11(7,8)2(4-3)9-10(5)6/h10H,1H3,(H,5,6). The van der Waals surface area contributed by atoms with Crippen LogP contribution in [0.15, 0.2) is 0 Å². The Morgan fingerprint density at radius 2 is 2.18 bits per heavy atom. The van der Waals surface area contributed by atoms with E-state index in [-0.39, 0.29) is 0 Å². The SMILES string of the molecule is CS(=O)(=O)C(=[N+]=[N-])O[PH](=O)O. The lowest BCUT2D eigenvalue weighted by molar-refractivity contribution is -0.0204. The normalized spacial score (nSPS) is 13.3. The van der Waals surface area contributed by atoms with Gasteiger partial charge in [-0.3, -0.25) is 0 Å². The van der Waals surface area contributed by atoms with Gasteiger partial charge in [-0.2, -0.15) is 0 Å². The van der Waals surface area contributed by atoms with Crippen LogP contribution < -0.4 is 0 Å². The molecule has 0 bridgehead atoms. The van der Waals surface area contributed by atoms with E-state index < -0.39 is 23.3 Å². The fourth-order valence-electron chi connectivity index (χ4n) is 0.245. The smallest absolute Gasteiger partial charge is 0.356 e. The molecule has 11 heavy (non-hydrogen) atoms. The first-order chi connectivity index (χ1) is 4.88. The summed E-state index contributed by atoms with van der Waals surface area (Å²) in [5.74, 6) is 0. The molecule has 9 heteroatoms. The van der Waals surface area contributed by atoms with Crippen molar-refractivity contribution in [3.05, 3.63) is 5.53 Å². The average molecular weight is 200 g/mol. The van der Waals surface area contributed by atoms with Gasteiger partial charge in [0.05, 0.1) is 6.26 Å². The van der Waals surface area contributed by atoms with Gasteiger partial charge in [0.2, 0.25) is 0 Å². The van der Waals surface area contributed by atoms with E-state index in [1.54, 1.807) is 0 Å². The summed E-state index contributed by atoms with van der Waals surface area (Å²) < 4.78 is 34.6. The molecule has 0 aliphatic carbocycles. The van der Waals surface area contributed by atoms with Crippen molar-refractivity contribution in [3.63, 3.8) is 0 Å². The summed E-state index contributed by atoms with van der Waals surface area (Å²) in [6.07, 6.45) is 0.673. The van der Waals surface area contributed by atoms with Crippen LogP contribution in [-0.2, 0) is 18.9 Å². The minimum atomic E-state index is -3.87. The van der Waals surface area contributed by atoms with E-state index in [9.17, 15) is 13.0 Å². The van der Waals surface area contributed by atoms with Crippen molar-refractivity contribution in [2.24, 2.45) is 0 Å². The summed E-state index contributed by atoms with van der Waals surface area (Å²) in [6.45, 7) is 0. The zero-order chi connectivity index (χ0) is 9.07. The van der Waals surface area contributed by atoms with Gasteiger partial charge in [-0.25, -0.2) is 13.0 Å². The van der Waals surface area contributed by atoms with Gasteiger partial charge >= 0.3 is 13.5 Å². The summed E-state index contributed by atoms with van der Waals surface area (Å²) in [6, 6.07) is 0. The predicted octanol–water partition coefficient (Wildman–Crippen LogP) is -0.985. The van der Waals surface area contributed by atoms with Crippen molar-refractivity contribution >= 4 is 23.3 Å². The van der Waals surface area contributed by atoms with E-state index in [1.807, 2.05) is 0 Å². The van der Waals surface area contributed by atoms with Gasteiger partial charge in [-0.15, -0.1) is 4.79 Å². The molecule has 0 aliphatic rings. The average Bonchev–Trinajstić information content (AvgIpc) is 1.79. The van der Waals surface area contributed by atoms with E-state index in [4.69, 9.17) is 10.4 Å². The molecule has 7 nitrogen and oxygen atoms in total. The number of rotatable bonds is 1. The fourth-order valence-corrected chi connectivity index (χ4v) is 1.40. The molecule has 0 heterocycles. The van der Waals surface area contributed by atoms with Crippen LogP contribution in [0.4, 0.5) is 0 Å². The van der Waals surface area contributed by atoms with E-state index in [0.717, 1.165) is 0 Å². The molecule has 0 rings (SSSR count). The molecule has 0 spiro atoms. The van der Waals surface area contributed by atoms with E-state index in [2.05, 4.69) is 9.31 Å². The van der Waals surface area contributed by atoms with E-state index in [0.29, 0.717) is 6.26 Å². The molecule has 1 atom stereocenters. The van der Waals surface area contributed by atoms with Gasteiger partial charge in [0.25, 0.3) is 9.84 Å². The third-order valence-corrected chi connectivity index (χ3v) is 1.89. The minimum absolute atomic E-state index is 0.673. The second-order valence-corrected chi connectivity index (χ2v) is 4.14. The van der Waals surface area contributed by atoms with Crippen LogP contribution in [0.1, 0.15) is 0 Å². The lowest BCUT2D eigenvalue weighted by Gasteiger charge is -1.91. The second kappa shape index (κ2) is 3.64. The highest BCUT2D eigenvalue weighted by Crippen LogP contribution is 2.15. The minimum Gasteiger partial charge on any atom is -0.356 e. The van der Waals surface area contributed by atoms with Crippen molar-refractivity contribution in [3.8, 4) is 0 Å². The Kier molecular flexibility index (Phi) is 3.41. The van der Waals surface area contributed by atoms with Crippen LogP contribution in [-0.4, -0.2) is 29.6 Å². The van der Waals surface area contributed by atoms with Crippen LogP contribution in [0.3, 0.4) is 0 Å². The third kappa shape index (κ3) is 3.90. The first-order valence-electron chi connectivity index (χ1n) is 2.21. The van der Waals surface area contributed by atoms with Gasteiger partial charge in [0, 0.05) is 0 Å². The van der Waals surface area contributed by atoms with Crippen molar-refractivity contribution in [2.75, 3.05) is 6.26 Å². The van der Waals surface area contributed by atoms with Crippen LogP contribution in [0, 0.1) is 0 Å². The monoisotopic (exact) mass is 200 g/mol. The Morgan fingerprint density at radius 3 is 2.27 bits per heavy atom. The molecule has 64 valence electrons. The predicted molar refractivity (Wildman–Crippen MR) is 35.8 cm³/mol. The molecule has 0 aromatic carbocycles. The maximum Gasteiger partial charge on any atom is 0.576 e. The Morgan fingerprint density at radius 1 is 1.73 bits per heavy atom. The topological polar surface area (TPSA) is 117 Å². The van der Waals surface area contributed by atoms with E-state index in [1.165, 1.54) is 0 Å². The molecule has 0 aromatic rings. The zero-order valence-electron chi connectivity index (χ0n) is 5.38. The number of hydrogen-bond acceptors (Lipinski definition) is 4. The molecule has 1 unspecified atom stereocenters. The summed E-state index contributed by atoms with van der Waals surface area (Å²) in [5, 5.41) is -1.16. The molecule has 0 aromatic heterocycles. The van der Waals surface area contributed by atoms with Gasteiger partial charge in [-0.05, 0) is 0 Å². The molecule has 0 saturated heterocycles. The largest absolute Gasteiger partial charge is 0.576 e. The van der Waals surface area contributed by atoms with Gasteiger partial charge in [-0.1, -0.05) is 0 Å². The first-order valence-corrected chi connectivity index (χ1v) is 5.36. The molecular weight excluding hydrogens is 195 g/mol. The Bertz CT molecular complexity index is 313. The first kappa shape index (κ1) is 10.3. The molecule has 0 radical (unpaired) electrons. The molecule has 0 aliphatic heterocycles. The number of hydrogen-bond donors (Lipinski definition) is 1. The summed E-state index contributed by atoms with van der Waals surface area (Å²) >= 11 is 0. The quantitative estimate of drug-likeness (QED) is 0.192. The van der Waals surface area contributed by atoms with Crippen LogP contribution in [0.5, 0.6) is 0 Å². The number of sulfone groups is 1. The number of nitrogens with zero attached hydrogens (tertiary/aromatic N) is 2. The maximum absolute atomic E-state index is 10.4. The Hall–Kier alpha value is -0.680. The van der Waals surface area contributed by atoms with Gasteiger partial charge in [0.1, 0.15) is 0 Å². The Labute approximate surface area is 63.1 Å². The Balaban J connectivity index is 4.76. The van der Waals surface area contributed by atoms with Crippen LogP contribution >= 0.6 is 8.25 Å². The lowest BCUT2D eigenvalue weighted by atomic mass is 11.5. The molecule has 1 N–H and O–H groups in total. The van der Waals surface area contributed by atoms with E-state index >= 15 is 0 Å². The van der Waals surface area contributed by atoms with Crippen molar-refractivity contribution in [1.82, 2.24) is 0 Å². The molecule has 0 amide bonds. The molecule has 0 saturated carbocycles. The van der Waals surface area contributed by atoms with Crippen molar-refractivity contribution in [1.29, 1.82) is 0 Å². The van der Waals surface area contributed by atoms with Gasteiger partial charge in [0.15, 0.2) is 0 Å². The van der Waals surface area contributed by atoms with Crippen LogP contribution in [0.25, 0.3) is 5.53 Å². The molecule has 0 fully saturated rings. The third-order valence-electron chi connectivity index (χ3n) is 0.573. The van der Waals surface area contributed by atoms with Gasteiger partial charge < -0.3 is 14.9 Å². The molecular formula is C2H5N2O5PS. The highest BCUT2D eigenvalue weighted by atomic mass is 32.2.